The van der Waals surface area contributed by atoms with Gasteiger partial charge in [0.2, 0.25) is 5.95 Å². The highest BCUT2D eigenvalue weighted by molar-refractivity contribution is 6.04. The second-order valence-corrected chi connectivity index (χ2v) is 5.41. The molecule has 0 aliphatic carbocycles. The number of amides is 1. The smallest absolute Gasteiger partial charge is 0.258 e. The van der Waals surface area contributed by atoms with Crippen molar-refractivity contribution in [2.75, 3.05) is 10.6 Å². The fourth-order valence-electron chi connectivity index (χ4n) is 2.16. The first-order valence-electron chi connectivity index (χ1n) is 7.55. The molecule has 26 heavy (non-hydrogen) atoms. The van der Waals surface area contributed by atoms with Crippen LogP contribution in [0.1, 0.15) is 15.9 Å². The van der Waals surface area contributed by atoms with E-state index in [0.717, 1.165) is 23.4 Å². The van der Waals surface area contributed by atoms with E-state index in [2.05, 4.69) is 20.6 Å². The standard InChI is InChI=1S/C18H13F3N4O/c1-10-4-2-3-5-13(10)25-18-22-8-11(9-23-18)17(26)24-14-7-6-12(19)15(20)16(14)21/h2-9H,1H3,(H,24,26)(H,22,23,25). The van der Waals surface area contributed by atoms with Crippen molar-refractivity contribution in [2.45, 2.75) is 6.92 Å². The minimum atomic E-state index is -1.66. The fourth-order valence-corrected chi connectivity index (χ4v) is 2.16. The van der Waals surface area contributed by atoms with Gasteiger partial charge in [0.1, 0.15) is 0 Å². The molecule has 0 saturated heterocycles. The Bertz CT molecular complexity index is 961. The number of para-hydroxylation sites is 1. The zero-order chi connectivity index (χ0) is 18.7. The largest absolute Gasteiger partial charge is 0.324 e. The molecule has 132 valence electrons. The molecule has 0 bridgehead atoms. The number of hydrogen-bond acceptors (Lipinski definition) is 4. The molecule has 1 aromatic heterocycles. The number of benzene rings is 2. The maximum Gasteiger partial charge on any atom is 0.258 e. The van der Waals surface area contributed by atoms with E-state index in [4.69, 9.17) is 0 Å². The molecule has 8 heteroatoms. The number of aryl methyl sites for hydroxylation is 1. The Morgan fingerprint density at radius 1 is 0.923 bits per heavy atom. The van der Waals surface area contributed by atoms with Crippen LogP contribution in [0.3, 0.4) is 0 Å². The van der Waals surface area contributed by atoms with Crippen LogP contribution >= 0.6 is 0 Å². The average molecular weight is 358 g/mol. The monoisotopic (exact) mass is 358 g/mol. The molecule has 1 heterocycles. The van der Waals surface area contributed by atoms with Gasteiger partial charge in [-0.2, -0.15) is 0 Å². The third kappa shape index (κ3) is 3.64. The van der Waals surface area contributed by atoms with Gasteiger partial charge in [-0.15, -0.1) is 0 Å². The number of carbonyl (C=O) groups excluding carboxylic acids is 1. The number of aromatic nitrogens is 2. The lowest BCUT2D eigenvalue weighted by Crippen LogP contribution is -2.15. The van der Waals surface area contributed by atoms with Crippen LogP contribution in [0.5, 0.6) is 0 Å². The van der Waals surface area contributed by atoms with E-state index in [0.29, 0.717) is 0 Å². The molecular weight excluding hydrogens is 345 g/mol. The second kappa shape index (κ2) is 7.22. The van der Waals surface area contributed by atoms with Crippen molar-refractivity contribution in [3.05, 3.63) is 77.4 Å². The Morgan fingerprint density at radius 3 is 2.31 bits per heavy atom. The van der Waals surface area contributed by atoms with Gasteiger partial charge in [0.15, 0.2) is 17.5 Å². The van der Waals surface area contributed by atoms with E-state index in [1.54, 1.807) is 0 Å². The normalized spacial score (nSPS) is 10.5. The molecule has 0 atom stereocenters. The number of halogens is 3. The molecule has 3 rings (SSSR count). The van der Waals surface area contributed by atoms with Gasteiger partial charge in [0, 0.05) is 18.1 Å². The fraction of sp³-hybridized carbons (Fsp3) is 0.0556. The molecule has 0 aliphatic heterocycles. The number of hydrogen-bond donors (Lipinski definition) is 2. The Balaban J connectivity index is 1.73. The minimum Gasteiger partial charge on any atom is -0.324 e. The summed E-state index contributed by atoms with van der Waals surface area (Å²) in [6, 6.07) is 9.17. The predicted octanol–water partition coefficient (Wildman–Crippen LogP) is 4.20. The molecule has 0 saturated carbocycles. The van der Waals surface area contributed by atoms with Crippen molar-refractivity contribution in [3.8, 4) is 0 Å². The first-order chi connectivity index (χ1) is 12.5. The Labute approximate surface area is 146 Å². The number of carbonyl (C=O) groups is 1. The van der Waals surface area contributed by atoms with E-state index in [1.165, 1.54) is 12.4 Å². The summed E-state index contributed by atoms with van der Waals surface area (Å²) in [7, 11) is 0. The van der Waals surface area contributed by atoms with Crippen LogP contribution < -0.4 is 10.6 Å². The van der Waals surface area contributed by atoms with Crippen LogP contribution in [0, 0.1) is 24.4 Å². The van der Waals surface area contributed by atoms with E-state index in [1.807, 2.05) is 31.2 Å². The van der Waals surface area contributed by atoms with E-state index < -0.39 is 29.0 Å². The second-order valence-electron chi connectivity index (χ2n) is 5.41. The molecule has 0 unspecified atom stereocenters. The van der Waals surface area contributed by atoms with Gasteiger partial charge in [-0.25, -0.2) is 23.1 Å². The molecule has 0 aliphatic rings. The molecule has 5 nitrogen and oxygen atoms in total. The van der Waals surface area contributed by atoms with Crippen LogP contribution in [0.4, 0.5) is 30.5 Å². The van der Waals surface area contributed by atoms with Crippen LogP contribution in [0.2, 0.25) is 0 Å². The number of anilines is 3. The lowest BCUT2D eigenvalue weighted by molar-refractivity contribution is 0.102. The van der Waals surface area contributed by atoms with E-state index in [-0.39, 0.29) is 11.5 Å². The van der Waals surface area contributed by atoms with Gasteiger partial charge in [-0.05, 0) is 30.7 Å². The van der Waals surface area contributed by atoms with Crippen molar-refractivity contribution >= 4 is 23.2 Å². The first-order valence-corrected chi connectivity index (χ1v) is 7.55. The van der Waals surface area contributed by atoms with Gasteiger partial charge in [0.05, 0.1) is 11.3 Å². The first kappa shape index (κ1) is 17.4. The van der Waals surface area contributed by atoms with Crippen molar-refractivity contribution in [3.63, 3.8) is 0 Å². The SMILES string of the molecule is Cc1ccccc1Nc1ncc(C(=O)Nc2ccc(F)c(F)c2F)cn1. The van der Waals surface area contributed by atoms with E-state index >= 15 is 0 Å². The molecule has 0 radical (unpaired) electrons. The van der Waals surface area contributed by atoms with Crippen LogP contribution in [0.25, 0.3) is 0 Å². The number of nitrogens with zero attached hydrogens (tertiary/aromatic N) is 2. The summed E-state index contributed by atoms with van der Waals surface area (Å²) in [5.74, 6) is -4.95. The third-order valence-electron chi connectivity index (χ3n) is 3.59. The van der Waals surface area contributed by atoms with Crippen molar-refractivity contribution in [1.82, 2.24) is 9.97 Å². The van der Waals surface area contributed by atoms with Gasteiger partial charge >= 0.3 is 0 Å². The number of rotatable bonds is 4. The molecular formula is C18H13F3N4O. The Hall–Kier alpha value is -3.42. The highest BCUT2D eigenvalue weighted by Gasteiger charge is 2.16. The summed E-state index contributed by atoms with van der Waals surface area (Å²) in [6.07, 6.45) is 2.47. The van der Waals surface area contributed by atoms with Crippen molar-refractivity contribution in [1.29, 1.82) is 0 Å². The van der Waals surface area contributed by atoms with Crippen LogP contribution in [-0.2, 0) is 0 Å². The average Bonchev–Trinajstić information content (AvgIpc) is 2.64. The minimum absolute atomic E-state index is 0.0319. The molecule has 3 aromatic rings. The molecule has 0 spiro atoms. The molecule has 0 fully saturated rings. The van der Waals surface area contributed by atoms with Gasteiger partial charge < -0.3 is 10.6 Å². The quantitative estimate of drug-likeness (QED) is 0.686. The highest BCUT2D eigenvalue weighted by atomic mass is 19.2. The summed E-state index contributed by atoms with van der Waals surface area (Å²) in [5, 5.41) is 5.16. The van der Waals surface area contributed by atoms with Gasteiger partial charge in [0.25, 0.3) is 5.91 Å². The summed E-state index contributed by atoms with van der Waals surface area (Å²) in [4.78, 5) is 20.1. The molecule has 1 amide bonds. The predicted molar refractivity (Wildman–Crippen MR) is 90.8 cm³/mol. The maximum absolute atomic E-state index is 13.6. The third-order valence-corrected chi connectivity index (χ3v) is 3.59. The highest BCUT2D eigenvalue weighted by Crippen LogP contribution is 2.21. The molecule has 2 aromatic carbocycles. The summed E-state index contributed by atoms with van der Waals surface area (Å²) >= 11 is 0. The summed E-state index contributed by atoms with van der Waals surface area (Å²) in [6.45, 7) is 1.92. The lowest BCUT2D eigenvalue weighted by Gasteiger charge is -2.09. The van der Waals surface area contributed by atoms with Gasteiger partial charge in [-0.3, -0.25) is 4.79 Å². The zero-order valence-corrected chi connectivity index (χ0v) is 13.6. The topological polar surface area (TPSA) is 66.9 Å². The van der Waals surface area contributed by atoms with Crippen molar-refractivity contribution < 1.29 is 18.0 Å². The summed E-state index contributed by atoms with van der Waals surface area (Å²) < 4.78 is 39.7. The van der Waals surface area contributed by atoms with Crippen LogP contribution in [-0.4, -0.2) is 15.9 Å². The maximum atomic E-state index is 13.6. The zero-order valence-electron chi connectivity index (χ0n) is 13.6. The Kier molecular flexibility index (Phi) is 4.83. The lowest BCUT2D eigenvalue weighted by atomic mass is 10.2. The van der Waals surface area contributed by atoms with Crippen LogP contribution in [0.15, 0.2) is 48.8 Å². The molecule has 2 N–H and O–H groups in total. The Morgan fingerprint density at radius 2 is 1.62 bits per heavy atom. The van der Waals surface area contributed by atoms with Crippen molar-refractivity contribution in [2.24, 2.45) is 0 Å². The summed E-state index contributed by atoms with van der Waals surface area (Å²) in [5.41, 5.74) is 1.36. The van der Waals surface area contributed by atoms with E-state index in [9.17, 15) is 18.0 Å². The van der Waals surface area contributed by atoms with Gasteiger partial charge in [-0.1, -0.05) is 18.2 Å². The number of nitrogens with one attached hydrogen (secondary N) is 2.